The maximum absolute atomic E-state index is 12.7. The van der Waals surface area contributed by atoms with Gasteiger partial charge in [-0.05, 0) is 50.5 Å². The first-order valence-corrected chi connectivity index (χ1v) is 10.2. The van der Waals surface area contributed by atoms with Gasteiger partial charge >= 0.3 is 6.09 Å². The van der Waals surface area contributed by atoms with E-state index in [1.165, 1.54) is 0 Å². The molecule has 0 spiro atoms. The molecule has 2 heterocycles. The van der Waals surface area contributed by atoms with Crippen LogP contribution >= 0.6 is 0 Å². The topological polar surface area (TPSA) is 75.3 Å². The second-order valence-corrected chi connectivity index (χ2v) is 9.10. The van der Waals surface area contributed by atoms with Gasteiger partial charge in [-0.2, -0.15) is 5.26 Å². The van der Waals surface area contributed by atoms with Gasteiger partial charge in [-0.15, -0.1) is 0 Å². The molecule has 6 heteroatoms. The van der Waals surface area contributed by atoms with Crippen LogP contribution in [0.4, 0.5) is 4.79 Å². The third-order valence-electron chi connectivity index (χ3n) is 5.85. The number of cyclic esters (lactones) is 1. The molecule has 1 aliphatic rings. The van der Waals surface area contributed by atoms with Gasteiger partial charge in [-0.25, -0.2) is 4.79 Å². The van der Waals surface area contributed by atoms with Crippen LogP contribution in [0.2, 0.25) is 0 Å². The van der Waals surface area contributed by atoms with Crippen LogP contribution in [0.15, 0.2) is 47.4 Å². The van der Waals surface area contributed by atoms with Crippen LogP contribution in [0.5, 0.6) is 0 Å². The summed E-state index contributed by atoms with van der Waals surface area (Å²) in [5.74, 6) is 0. The molecule has 0 unspecified atom stereocenters. The first kappa shape index (κ1) is 21.6. The van der Waals surface area contributed by atoms with E-state index < -0.39 is 11.0 Å². The quantitative estimate of drug-likeness (QED) is 0.723. The standard InChI is InChI=1S/C24H29N3O3/c1-17(27-13-12-24(4,30-22(27)29)15-23(2,3)16-25)18-6-8-19(9-7-18)20-10-11-21(28)26(5)14-20/h6-11,14,17H,12-13,15H2,1-5H3/t17-,24-/m0/s1. The number of amides is 1. The van der Waals surface area contributed by atoms with E-state index in [9.17, 15) is 14.9 Å². The average molecular weight is 408 g/mol. The Bertz CT molecular complexity index is 1030. The molecule has 0 radical (unpaired) electrons. The number of benzene rings is 1. The Morgan fingerprint density at radius 3 is 2.37 bits per heavy atom. The average Bonchev–Trinajstić information content (AvgIpc) is 2.69. The molecular formula is C24H29N3O3. The fourth-order valence-electron chi connectivity index (χ4n) is 4.12. The molecule has 0 saturated carbocycles. The molecular weight excluding hydrogens is 378 g/mol. The van der Waals surface area contributed by atoms with Crippen LogP contribution in [0.25, 0.3) is 11.1 Å². The van der Waals surface area contributed by atoms with Gasteiger partial charge in [0.2, 0.25) is 5.56 Å². The Kier molecular flexibility index (Phi) is 5.76. The lowest BCUT2D eigenvalue weighted by Crippen LogP contribution is -2.50. The van der Waals surface area contributed by atoms with Gasteiger partial charge in [0, 0.05) is 38.7 Å². The van der Waals surface area contributed by atoms with Crippen LogP contribution in [0, 0.1) is 16.7 Å². The van der Waals surface area contributed by atoms with Crippen molar-refractivity contribution in [3.05, 3.63) is 58.5 Å². The Labute approximate surface area is 177 Å². The van der Waals surface area contributed by atoms with Crippen molar-refractivity contribution in [2.45, 2.75) is 52.2 Å². The third-order valence-corrected chi connectivity index (χ3v) is 5.85. The van der Waals surface area contributed by atoms with Gasteiger partial charge in [-0.1, -0.05) is 24.3 Å². The van der Waals surface area contributed by atoms with E-state index in [4.69, 9.17) is 4.74 Å². The van der Waals surface area contributed by atoms with Gasteiger partial charge in [-0.3, -0.25) is 4.79 Å². The van der Waals surface area contributed by atoms with Crippen LogP contribution in [0.1, 0.15) is 52.1 Å². The summed E-state index contributed by atoms with van der Waals surface area (Å²) in [7, 11) is 1.73. The minimum Gasteiger partial charge on any atom is -0.443 e. The molecule has 2 atom stereocenters. The van der Waals surface area contributed by atoms with Crippen molar-refractivity contribution < 1.29 is 9.53 Å². The largest absolute Gasteiger partial charge is 0.443 e. The maximum Gasteiger partial charge on any atom is 0.410 e. The fraction of sp³-hybridized carbons (Fsp3) is 0.458. The molecule has 2 aromatic rings. The van der Waals surface area contributed by atoms with E-state index in [0.717, 1.165) is 16.7 Å². The molecule has 1 aromatic heterocycles. The molecule has 1 fully saturated rings. The number of carbonyl (C=O) groups is 1. The van der Waals surface area contributed by atoms with Crippen LogP contribution in [-0.2, 0) is 11.8 Å². The van der Waals surface area contributed by atoms with Crippen molar-refractivity contribution in [1.29, 1.82) is 5.26 Å². The highest BCUT2D eigenvalue weighted by Gasteiger charge is 2.42. The minimum atomic E-state index is -0.625. The number of hydrogen-bond donors (Lipinski definition) is 0. The molecule has 1 aromatic carbocycles. The number of pyridine rings is 1. The second-order valence-electron chi connectivity index (χ2n) is 9.10. The number of nitriles is 1. The van der Waals surface area contributed by atoms with Gasteiger partial charge in [0.1, 0.15) is 5.60 Å². The smallest absolute Gasteiger partial charge is 0.410 e. The minimum absolute atomic E-state index is 0.0437. The lowest BCUT2D eigenvalue weighted by Gasteiger charge is -2.43. The number of rotatable bonds is 5. The zero-order valence-corrected chi connectivity index (χ0v) is 18.3. The highest BCUT2D eigenvalue weighted by molar-refractivity contribution is 5.70. The summed E-state index contributed by atoms with van der Waals surface area (Å²) in [5.41, 5.74) is 1.78. The van der Waals surface area contributed by atoms with Crippen molar-refractivity contribution in [3.8, 4) is 17.2 Å². The second kappa shape index (κ2) is 7.98. The fourth-order valence-corrected chi connectivity index (χ4v) is 4.12. The van der Waals surface area contributed by atoms with Gasteiger partial charge < -0.3 is 14.2 Å². The van der Waals surface area contributed by atoms with Gasteiger partial charge in [0.05, 0.1) is 17.5 Å². The molecule has 158 valence electrons. The number of aromatic nitrogens is 1. The molecule has 6 nitrogen and oxygen atoms in total. The Balaban J connectivity index is 1.72. The Hall–Kier alpha value is -3.07. The zero-order chi connectivity index (χ0) is 22.1. The van der Waals surface area contributed by atoms with Gasteiger partial charge in [0.25, 0.3) is 0 Å². The van der Waals surface area contributed by atoms with E-state index in [-0.39, 0.29) is 17.7 Å². The first-order valence-electron chi connectivity index (χ1n) is 10.2. The van der Waals surface area contributed by atoms with Crippen molar-refractivity contribution >= 4 is 6.09 Å². The summed E-state index contributed by atoms with van der Waals surface area (Å²) < 4.78 is 7.34. The third kappa shape index (κ3) is 4.56. The monoisotopic (exact) mass is 407 g/mol. The molecule has 30 heavy (non-hydrogen) atoms. The number of nitrogens with zero attached hydrogens (tertiary/aromatic N) is 3. The summed E-state index contributed by atoms with van der Waals surface area (Å²) in [6.07, 6.45) is 2.67. The van der Waals surface area contributed by atoms with Crippen molar-refractivity contribution in [3.63, 3.8) is 0 Å². The van der Waals surface area contributed by atoms with Crippen molar-refractivity contribution in [2.24, 2.45) is 12.5 Å². The zero-order valence-electron chi connectivity index (χ0n) is 18.3. The van der Waals surface area contributed by atoms with E-state index in [2.05, 4.69) is 6.07 Å². The molecule has 1 amide bonds. The molecule has 1 saturated heterocycles. The molecule has 0 N–H and O–H groups in total. The SMILES string of the molecule is C[C@@H](c1ccc(-c2ccc(=O)n(C)c2)cc1)N1CC[C@@](C)(CC(C)(C)C#N)OC1=O. The maximum atomic E-state index is 12.7. The van der Waals surface area contributed by atoms with Crippen molar-refractivity contribution in [2.75, 3.05) is 6.54 Å². The Morgan fingerprint density at radius 2 is 1.80 bits per heavy atom. The van der Waals surface area contributed by atoms with Crippen LogP contribution in [-0.4, -0.2) is 27.7 Å². The summed E-state index contributed by atoms with van der Waals surface area (Å²) in [6, 6.07) is 13.5. The van der Waals surface area contributed by atoms with E-state index in [0.29, 0.717) is 19.4 Å². The number of ether oxygens (including phenoxy) is 1. The predicted molar refractivity (Wildman–Crippen MR) is 116 cm³/mol. The summed E-state index contributed by atoms with van der Waals surface area (Å²) >= 11 is 0. The number of aryl methyl sites for hydroxylation is 1. The lowest BCUT2D eigenvalue weighted by molar-refractivity contribution is -0.0607. The summed E-state index contributed by atoms with van der Waals surface area (Å²) in [5, 5.41) is 9.31. The molecule has 0 aliphatic carbocycles. The highest BCUT2D eigenvalue weighted by atomic mass is 16.6. The molecule has 0 bridgehead atoms. The molecule has 1 aliphatic heterocycles. The van der Waals surface area contributed by atoms with Gasteiger partial charge in [0.15, 0.2) is 0 Å². The van der Waals surface area contributed by atoms with Crippen molar-refractivity contribution in [1.82, 2.24) is 9.47 Å². The van der Waals surface area contributed by atoms with E-state index in [1.807, 2.05) is 64.2 Å². The Morgan fingerprint density at radius 1 is 1.17 bits per heavy atom. The summed E-state index contributed by atoms with van der Waals surface area (Å²) in [6.45, 7) is 8.22. The first-order chi connectivity index (χ1) is 14.0. The number of carbonyl (C=O) groups excluding carboxylic acids is 1. The van der Waals surface area contributed by atoms with Crippen LogP contribution < -0.4 is 5.56 Å². The lowest BCUT2D eigenvalue weighted by atomic mass is 9.80. The molecule has 3 rings (SSSR count). The predicted octanol–water partition coefficient (Wildman–Crippen LogP) is 4.65. The normalized spacial score (nSPS) is 20.4. The van der Waals surface area contributed by atoms with Crippen LogP contribution in [0.3, 0.4) is 0 Å². The van der Waals surface area contributed by atoms with E-state index >= 15 is 0 Å². The van der Waals surface area contributed by atoms with E-state index in [1.54, 1.807) is 22.6 Å². The summed E-state index contributed by atoms with van der Waals surface area (Å²) in [4.78, 5) is 26.1. The highest BCUT2D eigenvalue weighted by Crippen LogP contribution is 2.37. The number of hydrogen-bond acceptors (Lipinski definition) is 4.